The lowest BCUT2D eigenvalue weighted by Gasteiger charge is -2.24. The number of rotatable bonds is 5. The fraction of sp³-hybridized carbons (Fsp3) is 0.600. The van der Waals surface area contributed by atoms with Gasteiger partial charge in [-0.3, -0.25) is 9.78 Å². The van der Waals surface area contributed by atoms with Crippen molar-refractivity contribution in [3.05, 3.63) is 24.0 Å². The van der Waals surface area contributed by atoms with Gasteiger partial charge in [0.25, 0.3) is 5.91 Å². The van der Waals surface area contributed by atoms with Crippen molar-refractivity contribution >= 4 is 11.6 Å². The predicted octanol–water partition coefficient (Wildman–Crippen LogP) is 1.71. The molecule has 0 saturated heterocycles. The fourth-order valence-corrected chi connectivity index (χ4v) is 2.81. The molecular formula is C15H24N4O. The van der Waals surface area contributed by atoms with E-state index in [1.165, 1.54) is 30.6 Å². The van der Waals surface area contributed by atoms with E-state index in [1.54, 1.807) is 26.4 Å². The molecule has 110 valence electrons. The number of aromatic nitrogens is 1. The minimum atomic E-state index is -0.0844. The second-order valence-corrected chi connectivity index (χ2v) is 5.66. The van der Waals surface area contributed by atoms with Crippen molar-refractivity contribution in [2.45, 2.75) is 31.7 Å². The molecule has 5 nitrogen and oxygen atoms in total. The Hall–Kier alpha value is -1.62. The number of carbonyl (C=O) groups excluding carboxylic acids is 1. The highest BCUT2D eigenvalue weighted by Gasteiger charge is 2.24. The van der Waals surface area contributed by atoms with E-state index in [2.05, 4.69) is 10.3 Å². The van der Waals surface area contributed by atoms with Crippen LogP contribution in [0.1, 0.15) is 36.2 Å². The van der Waals surface area contributed by atoms with E-state index in [1.807, 2.05) is 6.07 Å². The maximum absolute atomic E-state index is 11.9. The average Bonchev–Trinajstić information content (AvgIpc) is 2.98. The van der Waals surface area contributed by atoms with E-state index < -0.39 is 0 Å². The van der Waals surface area contributed by atoms with E-state index in [0.29, 0.717) is 18.2 Å². The van der Waals surface area contributed by atoms with Gasteiger partial charge >= 0.3 is 0 Å². The van der Waals surface area contributed by atoms with Gasteiger partial charge in [-0.2, -0.15) is 0 Å². The number of hydrogen-bond acceptors (Lipinski definition) is 4. The van der Waals surface area contributed by atoms with E-state index in [4.69, 9.17) is 5.73 Å². The van der Waals surface area contributed by atoms with Crippen LogP contribution in [0.2, 0.25) is 0 Å². The van der Waals surface area contributed by atoms with Crippen molar-refractivity contribution in [2.24, 2.45) is 11.7 Å². The van der Waals surface area contributed by atoms with Crippen molar-refractivity contribution in [1.29, 1.82) is 0 Å². The molecule has 1 aromatic heterocycles. The lowest BCUT2D eigenvalue weighted by atomic mass is 9.98. The lowest BCUT2D eigenvalue weighted by Crippen LogP contribution is -2.35. The summed E-state index contributed by atoms with van der Waals surface area (Å²) in [6.45, 7) is 0.615. The quantitative estimate of drug-likeness (QED) is 0.859. The summed E-state index contributed by atoms with van der Waals surface area (Å²) in [5.41, 5.74) is 7.28. The highest BCUT2D eigenvalue weighted by Crippen LogP contribution is 2.29. The monoisotopic (exact) mass is 276 g/mol. The number of nitrogens with zero attached hydrogens (tertiary/aromatic N) is 2. The van der Waals surface area contributed by atoms with Crippen LogP contribution in [0.15, 0.2) is 18.3 Å². The SMILES string of the molecule is CN(C)C(=O)c1cc(NC(CN)C2CCCC2)ccn1. The van der Waals surface area contributed by atoms with Gasteiger partial charge in [-0.05, 0) is 30.9 Å². The van der Waals surface area contributed by atoms with Crippen molar-refractivity contribution in [2.75, 3.05) is 26.0 Å². The normalized spacial score (nSPS) is 16.9. The molecule has 5 heteroatoms. The van der Waals surface area contributed by atoms with Crippen LogP contribution in [0.4, 0.5) is 5.69 Å². The zero-order chi connectivity index (χ0) is 14.5. The highest BCUT2D eigenvalue weighted by atomic mass is 16.2. The van der Waals surface area contributed by atoms with Gasteiger partial charge in [-0.1, -0.05) is 12.8 Å². The Morgan fingerprint density at radius 2 is 2.20 bits per heavy atom. The molecule has 0 aromatic carbocycles. The first-order chi connectivity index (χ1) is 9.61. The van der Waals surface area contributed by atoms with Gasteiger partial charge in [0.05, 0.1) is 0 Å². The summed E-state index contributed by atoms with van der Waals surface area (Å²) < 4.78 is 0. The summed E-state index contributed by atoms with van der Waals surface area (Å²) in [4.78, 5) is 17.6. The van der Waals surface area contributed by atoms with Gasteiger partial charge in [0.1, 0.15) is 5.69 Å². The Morgan fingerprint density at radius 1 is 1.50 bits per heavy atom. The summed E-state index contributed by atoms with van der Waals surface area (Å²) in [6.07, 6.45) is 6.74. The van der Waals surface area contributed by atoms with Gasteiger partial charge < -0.3 is 16.0 Å². The van der Waals surface area contributed by atoms with Crippen molar-refractivity contribution < 1.29 is 4.79 Å². The van der Waals surface area contributed by atoms with Crippen molar-refractivity contribution in [3.8, 4) is 0 Å². The Balaban J connectivity index is 2.08. The maximum atomic E-state index is 11.9. The Labute approximate surface area is 120 Å². The second kappa shape index (κ2) is 6.70. The first-order valence-corrected chi connectivity index (χ1v) is 7.26. The minimum Gasteiger partial charge on any atom is -0.381 e. The molecule has 1 aliphatic rings. The molecule has 0 aliphatic heterocycles. The third-order valence-corrected chi connectivity index (χ3v) is 3.96. The molecule has 0 spiro atoms. The molecule has 0 radical (unpaired) electrons. The summed E-state index contributed by atoms with van der Waals surface area (Å²) in [7, 11) is 3.46. The van der Waals surface area contributed by atoms with Crippen LogP contribution in [0.25, 0.3) is 0 Å². The zero-order valence-corrected chi connectivity index (χ0v) is 12.3. The van der Waals surface area contributed by atoms with Gasteiger partial charge in [0.15, 0.2) is 0 Å². The lowest BCUT2D eigenvalue weighted by molar-refractivity contribution is 0.0822. The zero-order valence-electron chi connectivity index (χ0n) is 12.3. The van der Waals surface area contributed by atoms with Crippen LogP contribution in [-0.4, -0.2) is 42.5 Å². The molecule has 1 saturated carbocycles. The number of hydrogen-bond donors (Lipinski definition) is 2. The molecule has 1 atom stereocenters. The summed E-state index contributed by atoms with van der Waals surface area (Å²) >= 11 is 0. The molecule has 1 heterocycles. The molecule has 0 bridgehead atoms. The summed E-state index contributed by atoms with van der Waals surface area (Å²) in [5.74, 6) is 0.556. The first kappa shape index (κ1) is 14.8. The molecule has 1 amide bonds. The van der Waals surface area contributed by atoms with Gasteiger partial charge in [-0.25, -0.2) is 0 Å². The van der Waals surface area contributed by atoms with E-state index in [0.717, 1.165) is 5.69 Å². The van der Waals surface area contributed by atoms with Gasteiger partial charge in [-0.15, -0.1) is 0 Å². The predicted molar refractivity (Wildman–Crippen MR) is 80.7 cm³/mol. The molecule has 1 unspecified atom stereocenters. The standard InChI is InChI=1S/C15H24N4O/c1-19(2)15(20)13-9-12(7-8-17-13)18-14(10-16)11-5-3-4-6-11/h7-9,11,14H,3-6,10,16H2,1-2H3,(H,17,18). The number of pyridine rings is 1. The molecule has 1 fully saturated rings. The minimum absolute atomic E-state index is 0.0844. The second-order valence-electron chi connectivity index (χ2n) is 5.66. The van der Waals surface area contributed by atoms with Crippen LogP contribution in [0, 0.1) is 5.92 Å². The van der Waals surface area contributed by atoms with Crippen LogP contribution in [0.5, 0.6) is 0 Å². The topological polar surface area (TPSA) is 71.2 Å². The number of nitrogens with one attached hydrogen (secondary N) is 1. The molecule has 1 aliphatic carbocycles. The van der Waals surface area contributed by atoms with Crippen LogP contribution >= 0.6 is 0 Å². The third kappa shape index (κ3) is 3.48. The highest BCUT2D eigenvalue weighted by molar-refractivity contribution is 5.92. The number of anilines is 1. The van der Waals surface area contributed by atoms with Crippen LogP contribution < -0.4 is 11.1 Å². The molecule has 2 rings (SSSR count). The van der Waals surface area contributed by atoms with Crippen molar-refractivity contribution in [3.63, 3.8) is 0 Å². The molecular weight excluding hydrogens is 252 g/mol. The summed E-state index contributed by atoms with van der Waals surface area (Å²) in [6, 6.07) is 3.98. The van der Waals surface area contributed by atoms with Crippen LogP contribution in [0.3, 0.4) is 0 Å². The summed E-state index contributed by atoms with van der Waals surface area (Å²) in [5, 5.41) is 3.47. The Morgan fingerprint density at radius 3 is 2.80 bits per heavy atom. The average molecular weight is 276 g/mol. The van der Waals surface area contributed by atoms with Crippen LogP contribution in [-0.2, 0) is 0 Å². The first-order valence-electron chi connectivity index (χ1n) is 7.26. The largest absolute Gasteiger partial charge is 0.381 e. The van der Waals surface area contributed by atoms with E-state index in [-0.39, 0.29) is 11.9 Å². The van der Waals surface area contributed by atoms with Gasteiger partial charge in [0, 0.05) is 38.6 Å². The Kier molecular flexibility index (Phi) is 4.95. The Bertz CT molecular complexity index is 455. The van der Waals surface area contributed by atoms with E-state index in [9.17, 15) is 4.79 Å². The smallest absolute Gasteiger partial charge is 0.272 e. The maximum Gasteiger partial charge on any atom is 0.272 e. The number of amides is 1. The van der Waals surface area contributed by atoms with Crippen molar-refractivity contribution in [1.82, 2.24) is 9.88 Å². The molecule has 1 aromatic rings. The fourth-order valence-electron chi connectivity index (χ4n) is 2.81. The number of carbonyl (C=O) groups is 1. The number of nitrogens with two attached hydrogens (primary N) is 1. The molecule has 3 N–H and O–H groups in total. The van der Waals surface area contributed by atoms with Gasteiger partial charge in [0.2, 0.25) is 0 Å². The van der Waals surface area contributed by atoms with E-state index >= 15 is 0 Å². The molecule has 20 heavy (non-hydrogen) atoms. The third-order valence-electron chi connectivity index (χ3n) is 3.96.